The van der Waals surface area contributed by atoms with Crippen molar-refractivity contribution in [2.75, 3.05) is 13.2 Å². The van der Waals surface area contributed by atoms with Gasteiger partial charge < -0.3 is 9.30 Å². The second kappa shape index (κ2) is 8.69. The van der Waals surface area contributed by atoms with Crippen molar-refractivity contribution in [1.82, 2.24) is 9.47 Å². The summed E-state index contributed by atoms with van der Waals surface area (Å²) in [6, 6.07) is 10.4. The molecule has 1 aromatic carbocycles. The number of nitrogens with zero attached hydrogens (tertiary/aromatic N) is 2. The molecule has 0 bridgehead atoms. The molecule has 1 aliphatic heterocycles. The highest BCUT2D eigenvalue weighted by Crippen LogP contribution is 2.33. The van der Waals surface area contributed by atoms with Crippen LogP contribution in [0.15, 0.2) is 35.2 Å². The van der Waals surface area contributed by atoms with Crippen molar-refractivity contribution in [2.24, 2.45) is 0 Å². The van der Waals surface area contributed by atoms with Crippen molar-refractivity contribution in [2.45, 2.75) is 34.1 Å². The minimum absolute atomic E-state index is 0.204. The van der Waals surface area contributed by atoms with E-state index in [-0.39, 0.29) is 13.2 Å². The molecule has 2 aromatic rings. The van der Waals surface area contributed by atoms with Crippen LogP contribution in [0.3, 0.4) is 0 Å². The lowest BCUT2D eigenvalue weighted by Crippen LogP contribution is -2.34. The second-order valence-corrected chi connectivity index (χ2v) is 7.75. The number of carbonyl (C=O) groups excluding carboxylic acids is 3. The fraction of sp³-hybridized carbons (Fsp3) is 0.318. The third-order valence-electron chi connectivity index (χ3n) is 4.83. The van der Waals surface area contributed by atoms with Crippen LogP contribution in [0.4, 0.5) is 4.79 Å². The average molecular weight is 413 g/mol. The Kier molecular flexibility index (Phi) is 6.27. The van der Waals surface area contributed by atoms with Gasteiger partial charge in [-0.1, -0.05) is 19.1 Å². The standard InChI is InChI=1S/C22H24N2O4S/c1-5-16-7-9-18(10-8-16)24-14(3)11-17(15(24)4)12-19-21(26)23(22(27)29-19)13-20(25)28-6-2/h7-12H,5-6,13H2,1-4H3. The van der Waals surface area contributed by atoms with Gasteiger partial charge in [0.2, 0.25) is 0 Å². The lowest BCUT2D eigenvalue weighted by molar-refractivity contribution is -0.145. The Morgan fingerprint density at radius 1 is 1.14 bits per heavy atom. The fourth-order valence-electron chi connectivity index (χ4n) is 3.33. The van der Waals surface area contributed by atoms with Crippen LogP contribution < -0.4 is 0 Å². The van der Waals surface area contributed by atoms with Crippen molar-refractivity contribution in [3.8, 4) is 5.69 Å². The number of imide groups is 1. The number of hydrogen-bond acceptors (Lipinski definition) is 5. The van der Waals surface area contributed by atoms with Crippen LogP contribution in [-0.4, -0.2) is 39.7 Å². The zero-order valence-corrected chi connectivity index (χ0v) is 17.8. The molecule has 29 heavy (non-hydrogen) atoms. The molecule has 2 heterocycles. The van der Waals surface area contributed by atoms with E-state index in [1.165, 1.54) is 5.56 Å². The summed E-state index contributed by atoms with van der Waals surface area (Å²) in [6.45, 7) is 7.63. The molecule has 0 N–H and O–H groups in total. The summed E-state index contributed by atoms with van der Waals surface area (Å²) in [7, 11) is 0. The quantitative estimate of drug-likeness (QED) is 0.524. The van der Waals surface area contributed by atoms with E-state index in [0.717, 1.165) is 45.7 Å². The Morgan fingerprint density at radius 2 is 1.83 bits per heavy atom. The molecule has 0 radical (unpaired) electrons. The minimum atomic E-state index is -0.593. The van der Waals surface area contributed by atoms with Crippen LogP contribution in [0.2, 0.25) is 0 Å². The maximum absolute atomic E-state index is 12.6. The molecule has 3 rings (SSSR count). The minimum Gasteiger partial charge on any atom is -0.465 e. The van der Waals surface area contributed by atoms with E-state index in [1.54, 1.807) is 13.0 Å². The first-order valence-corrected chi connectivity index (χ1v) is 10.4. The summed E-state index contributed by atoms with van der Waals surface area (Å²) in [5.41, 5.74) is 5.19. The van der Waals surface area contributed by atoms with Crippen molar-refractivity contribution in [1.29, 1.82) is 0 Å². The first-order valence-electron chi connectivity index (χ1n) is 9.55. The molecule has 0 spiro atoms. The normalized spacial score (nSPS) is 15.4. The first kappa shape index (κ1) is 20.9. The van der Waals surface area contributed by atoms with E-state index < -0.39 is 17.1 Å². The Balaban J connectivity index is 1.88. The average Bonchev–Trinajstić information content (AvgIpc) is 3.12. The van der Waals surface area contributed by atoms with Crippen LogP contribution in [0.25, 0.3) is 11.8 Å². The summed E-state index contributed by atoms with van der Waals surface area (Å²) in [4.78, 5) is 37.7. The number of rotatable bonds is 6. The third-order valence-corrected chi connectivity index (χ3v) is 5.73. The van der Waals surface area contributed by atoms with E-state index in [0.29, 0.717) is 4.91 Å². The number of benzene rings is 1. The Morgan fingerprint density at radius 3 is 2.45 bits per heavy atom. The van der Waals surface area contributed by atoms with Crippen LogP contribution in [-0.2, 0) is 20.7 Å². The molecule has 7 heteroatoms. The molecular weight excluding hydrogens is 388 g/mol. The number of amides is 2. The molecule has 1 saturated heterocycles. The molecule has 0 atom stereocenters. The predicted octanol–water partition coefficient (Wildman–Crippen LogP) is 4.26. The number of aromatic nitrogens is 1. The number of esters is 1. The highest BCUT2D eigenvalue weighted by Gasteiger charge is 2.36. The molecule has 0 aliphatic carbocycles. The van der Waals surface area contributed by atoms with Crippen LogP contribution in [0.1, 0.15) is 36.4 Å². The van der Waals surface area contributed by atoms with Crippen molar-refractivity contribution < 1.29 is 19.1 Å². The van der Waals surface area contributed by atoms with Gasteiger partial charge in [0.15, 0.2) is 0 Å². The SMILES string of the molecule is CCOC(=O)CN1C(=O)SC(=Cc2cc(C)n(-c3ccc(CC)cc3)c2C)C1=O. The first-order chi connectivity index (χ1) is 13.8. The summed E-state index contributed by atoms with van der Waals surface area (Å²) in [6.07, 6.45) is 2.70. The van der Waals surface area contributed by atoms with Gasteiger partial charge in [-0.3, -0.25) is 19.3 Å². The van der Waals surface area contributed by atoms with Crippen molar-refractivity contribution >= 4 is 35.0 Å². The zero-order valence-electron chi connectivity index (χ0n) is 17.0. The zero-order chi connectivity index (χ0) is 21.1. The van der Waals surface area contributed by atoms with Crippen LogP contribution in [0.5, 0.6) is 0 Å². The van der Waals surface area contributed by atoms with E-state index in [2.05, 4.69) is 35.8 Å². The van der Waals surface area contributed by atoms with E-state index in [9.17, 15) is 14.4 Å². The van der Waals surface area contributed by atoms with Crippen molar-refractivity contribution in [3.63, 3.8) is 0 Å². The Hall–Kier alpha value is -2.80. The third kappa shape index (κ3) is 4.29. The molecule has 152 valence electrons. The number of hydrogen-bond donors (Lipinski definition) is 0. The van der Waals surface area contributed by atoms with Crippen molar-refractivity contribution in [3.05, 3.63) is 57.8 Å². The molecule has 1 aromatic heterocycles. The topological polar surface area (TPSA) is 68.6 Å². The lowest BCUT2D eigenvalue weighted by atomic mass is 10.1. The Labute approximate surface area is 174 Å². The molecule has 1 aliphatic rings. The van der Waals surface area contributed by atoms with E-state index >= 15 is 0 Å². The molecule has 0 saturated carbocycles. The van der Waals surface area contributed by atoms with Gasteiger partial charge in [-0.15, -0.1) is 0 Å². The Bertz CT molecular complexity index is 989. The lowest BCUT2D eigenvalue weighted by Gasteiger charge is -2.11. The predicted molar refractivity (Wildman–Crippen MR) is 114 cm³/mol. The summed E-state index contributed by atoms with van der Waals surface area (Å²) >= 11 is 0.843. The molecule has 6 nitrogen and oxygen atoms in total. The molecule has 2 amide bonds. The maximum Gasteiger partial charge on any atom is 0.326 e. The van der Waals surface area contributed by atoms with Gasteiger partial charge in [0.25, 0.3) is 11.1 Å². The number of thioether (sulfide) groups is 1. The summed E-state index contributed by atoms with van der Waals surface area (Å²) in [5, 5.41) is -0.460. The number of carbonyl (C=O) groups is 3. The number of ether oxygens (including phenoxy) is 1. The summed E-state index contributed by atoms with van der Waals surface area (Å²) in [5.74, 6) is -1.06. The smallest absolute Gasteiger partial charge is 0.326 e. The molecule has 1 fully saturated rings. The maximum atomic E-state index is 12.6. The van der Waals surface area contributed by atoms with Gasteiger partial charge >= 0.3 is 5.97 Å². The van der Waals surface area contributed by atoms with Gasteiger partial charge in [-0.05, 0) is 74.4 Å². The van der Waals surface area contributed by atoms with Crippen LogP contribution >= 0.6 is 11.8 Å². The molecule has 0 unspecified atom stereocenters. The van der Waals surface area contributed by atoms with Gasteiger partial charge in [0.1, 0.15) is 6.54 Å². The van der Waals surface area contributed by atoms with Gasteiger partial charge in [-0.2, -0.15) is 0 Å². The second-order valence-electron chi connectivity index (χ2n) is 6.75. The van der Waals surface area contributed by atoms with E-state index in [1.807, 2.05) is 19.9 Å². The van der Waals surface area contributed by atoms with E-state index in [4.69, 9.17) is 4.74 Å². The summed E-state index contributed by atoms with van der Waals surface area (Å²) < 4.78 is 6.96. The fourth-order valence-corrected chi connectivity index (χ4v) is 4.15. The van der Waals surface area contributed by atoms with Gasteiger partial charge in [0, 0.05) is 17.1 Å². The molecular formula is C22H24N2O4S. The monoisotopic (exact) mass is 412 g/mol. The van der Waals surface area contributed by atoms with Gasteiger partial charge in [0.05, 0.1) is 11.5 Å². The largest absolute Gasteiger partial charge is 0.465 e. The highest BCUT2D eigenvalue weighted by molar-refractivity contribution is 8.18. The van der Waals surface area contributed by atoms with Crippen LogP contribution in [0, 0.1) is 13.8 Å². The van der Waals surface area contributed by atoms with Gasteiger partial charge in [-0.25, -0.2) is 0 Å². The highest BCUT2D eigenvalue weighted by atomic mass is 32.2. The number of aryl methyl sites for hydroxylation is 2.